The lowest BCUT2D eigenvalue weighted by Crippen LogP contribution is -2.09. The Morgan fingerprint density at radius 1 is 0.800 bits per heavy atom. The van der Waals surface area contributed by atoms with Gasteiger partial charge in [0.05, 0.1) is 34.4 Å². The smallest absolute Gasteiger partial charge is 0.203 e. The van der Waals surface area contributed by atoms with Gasteiger partial charge in [-0.3, -0.25) is 9.55 Å². The third-order valence-corrected chi connectivity index (χ3v) is 7.57. The molecule has 0 saturated carbocycles. The maximum atomic E-state index is 6.29. The van der Waals surface area contributed by atoms with Crippen LogP contribution in [0, 0.1) is 0 Å². The number of nitrogens with two attached hydrogens (primary N) is 1. The Morgan fingerprint density at radius 3 is 2.03 bits per heavy atom. The number of ether oxygens (including phenoxy) is 2. The first-order valence-corrected chi connectivity index (χ1v) is 12.6. The molecule has 2 aromatic carbocycles. The van der Waals surface area contributed by atoms with Crippen LogP contribution in [0.1, 0.15) is 11.1 Å². The molecule has 0 aliphatic carbocycles. The number of hydrogen-bond acceptors (Lipinski definition) is 5. The van der Waals surface area contributed by atoms with Gasteiger partial charge in [-0.2, -0.15) is 0 Å². The summed E-state index contributed by atoms with van der Waals surface area (Å²) in [5, 5.41) is 0. The summed E-state index contributed by atoms with van der Waals surface area (Å²) in [5.74, 6) is 0.374. The molecule has 0 atom stereocenters. The number of fused-ring (bicyclic) bond motifs is 1. The van der Waals surface area contributed by atoms with Crippen LogP contribution in [-0.4, -0.2) is 19.1 Å². The minimum Gasteiger partial charge on any atom is -0.369 e. The van der Waals surface area contributed by atoms with Crippen LogP contribution in [0.15, 0.2) is 88.1 Å². The Balaban J connectivity index is 1.45. The Hall–Kier alpha value is -2.98. The van der Waals surface area contributed by atoms with Crippen LogP contribution in [0.4, 0.5) is 5.95 Å². The van der Waals surface area contributed by atoms with Crippen LogP contribution >= 0.6 is 31.9 Å². The number of nitrogens with zero attached hydrogens (tertiary/aromatic N) is 4. The summed E-state index contributed by atoms with van der Waals surface area (Å²) in [6.07, 6.45) is 1.74. The van der Waals surface area contributed by atoms with Crippen LogP contribution in [0.5, 0.6) is 0 Å². The predicted octanol–water partition coefficient (Wildman–Crippen LogP) is 6.36. The number of hydrogen-bond donors (Lipinski definition) is 1. The minimum absolute atomic E-state index is 0.253. The Labute approximate surface area is 219 Å². The summed E-state index contributed by atoms with van der Waals surface area (Å²) in [7, 11) is 0. The second-order valence-electron chi connectivity index (χ2n) is 7.95. The molecule has 0 unspecified atom stereocenters. The van der Waals surface area contributed by atoms with E-state index in [4.69, 9.17) is 20.2 Å². The van der Waals surface area contributed by atoms with Gasteiger partial charge in [0.2, 0.25) is 5.95 Å². The number of rotatable bonds is 9. The second kappa shape index (κ2) is 10.7. The van der Waals surface area contributed by atoms with Crippen molar-refractivity contribution in [3.8, 4) is 11.4 Å². The molecule has 0 saturated heterocycles. The zero-order valence-electron chi connectivity index (χ0n) is 18.8. The van der Waals surface area contributed by atoms with E-state index in [0.717, 1.165) is 42.6 Å². The zero-order valence-corrected chi connectivity index (χ0v) is 21.9. The van der Waals surface area contributed by atoms with Crippen LogP contribution in [0.2, 0.25) is 0 Å². The number of imidazole rings is 1. The molecular formula is C26H23Br2N5O2. The molecule has 0 spiro atoms. The molecule has 35 heavy (non-hydrogen) atoms. The van der Waals surface area contributed by atoms with Crippen molar-refractivity contribution < 1.29 is 9.47 Å². The summed E-state index contributed by atoms with van der Waals surface area (Å²) in [5.41, 5.74) is 11.7. The largest absolute Gasteiger partial charge is 0.369 e. The van der Waals surface area contributed by atoms with E-state index in [-0.39, 0.29) is 6.73 Å². The average molecular weight is 597 g/mol. The number of pyridine rings is 1. The molecule has 7 nitrogen and oxygen atoms in total. The Kier molecular flexibility index (Phi) is 7.29. The van der Waals surface area contributed by atoms with Gasteiger partial charge in [0, 0.05) is 6.20 Å². The highest BCUT2D eigenvalue weighted by atomic mass is 79.9. The number of nitrogen functional groups attached to an aromatic ring is 1. The van der Waals surface area contributed by atoms with Gasteiger partial charge in [-0.15, -0.1) is 0 Å². The van der Waals surface area contributed by atoms with Crippen molar-refractivity contribution in [1.82, 2.24) is 19.1 Å². The molecule has 0 aliphatic rings. The molecule has 0 radical (unpaired) electrons. The zero-order chi connectivity index (χ0) is 24.2. The van der Waals surface area contributed by atoms with Crippen LogP contribution in [0.25, 0.3) is 22.4 Å². The molecule has 5 rings (SSSR count). The Morgan fingerprint density at radius 2 is 1.40 bits per heavy atom. The van der Waals surface area contributed by atoms with E-state index in [9.17, 15) is 0 Å². The van der Waals surface area contributed by atoms with Gasteiger partial charge in [0.25, 0.3) is 0 Å². The first kappa shape index (κ1) is 23.7. The van der Waals surface area contributed by atoms with Crippen LogP contribution in [-0.2, 0) is 36.1 Å². The summed E-state index contributed by atoms with van der Waals surface area (Å²) in [6, 6.07) is 24.0. The van der Waals surface area contributed by atoms with Crippen molar-refractivity contribution in [2.45, 2.75) is 26.7 Å². The van der Waals surface area contributed by atoms with Crippen molar-refractivity contribution in [3.05, 3.63) is 99.2 Å². The number of aromatic nitrogens is 4. The van der Waals surface area contributed by atoms with E-state index < -0.39 is 0 Å². The standard InChI is InChI=1S/C26H23Br2N5O2/c27-20-13-22(32(25(20)28)16-34-14-18-7-3-1-4-8-18)23-24-21(11-12-30-23)31-26(29)33(24)17-35-15-19-9-5-2-6-10-19/h1-13H,14-17H2,(H2,29,31). The van der Waals surface area contributed by atoms with Crippen molar-refractivity contribution in [1.29, 1.82) is 0 Å². The topological polar surface area (TPSA) is 80.1 Å². The molecule has 178 valence electrons. The fourth-order valence-electron chi connectivity index (χ4n) is 3.89. The summed E-state index contributed by atoms with van der Waals surface area (Å²) < 4.78 is 17.6. The van der Waals surface area contributed by atoms with E-state index in [2.05, 4.69) is 36.8 Å². The maximum absolute atomic E-state index is 6.29. The lowest BCUT2D eigenvalue weighted by Gasteiger charge is -2.14. The lowest BCUT2D eigenvalue weighted by atomic mass is 10.2. The molecule has 0 amide bonds. The molecule has 2 N–H and O–H groups in total. The fraction of sp³-hybridized carbons (Fsp3) is 0.154. The Bertz CT molecular complexity index is 1430. The highest BCUT2D eigenvalue weighted by Gasteiger charge is 2.20. The summed E-state index contributed by atoms with van der Waals surface area (Å²) in [4.78, 5) is 9.25. The van der Waals surface area contributed by atoms with Crippen molar-refractivity contribution in [3.63, 3.8) is 0 Å². The number of benzene rings is 2. The van der Waals surface area contributed by atoms with E-state index in [0.29, 0.717) is 25.9 Å². The summed E-state index contributed by atoms with van der Waals surface area (Å²) in [6.45, 7) is 1.56. The molecular weight excluding hydrogens is 574 g/mol. The van der Waals surface area contributed by atoms with Gasteiger partial charge in [-0.05, 0) is 55.1 Å². The van der Waals surface area contributed by atoms with Crippen LogP contribution < -0.4 is 5.73 Å². The molecule has 0 bridgehead atoms. The summed E-state index contributed by atoms with van der Waals surface area (Å²) >= 11 is 7.31. The lowest BCUT2D eigenvalue weighted by molar-refractivity contribution is 0.0637. The fourth-order valence-corrected chi connectivity index (χ4v) is 4.73. The number of halogens is 2. The van der Waals surface area contributed by atoms with Gasteiger partial charge < -0.3 is 19.8 Å². The minimum atomic E-state index is 0.253. The molecule has 5 aromatic rings. The van der Waals surface area contributed by atoms with Gasteiger partial charge in [-0.25, -0.2) is 4.98 Å². The van der Waals surface area contributed by atoms with Crippen molar-refractivity contribution in [2.75, 3.05) is 5.73 Å². The SMILES string of the molecule is Nc1nc2ccnc(-c3cc(Br)c(Br)n3COCc3ccccc3)c2n1COCc1ccccc1. The maximum Gasteiger partial charge on any atom is 0.203 e. The van der Waals surface area contributed by atoms with Gasteiger partial charge in [0.15, 0.2) is 0 Å². The van der Waals surface area contributed by atoms with E-state index in [1.807, 2.05) is 81.9 Å². The third kappa shape index (κ3) is 5.18. The normalized spacial score (nSPS) is 11.4. The van der Waals surface area contributed by atoms with Crippen LogP contribution in [0.3, 0.4) is 0 Å². The highest BCUT2D eigenvalue weighted by molar-refractivity contribution is 9.13. The van der Waals surface area contributed by atoms with Crippen molar-refractivity contribution >= 4 is 48.8 Å². The van der Waals surface area contributed by atoms with Gasteiger partial charge in [-0.1, -0.05) is 60.7 Å². The van der Waals surface area contributed by atoms with Crippen molar-refractivity contribution in [2.24, 2.45) is 0 Å². The first-order chi connectivity index (χ1) is 17.1. The van der Waals surface area contributed by atoms with Gasteiger partial charge >= 0.3 is 0 Å². The molecule has 0 fully saturated rings. The molecule has 9 heteroatoms. The van der Waals surface area contributed by atoms with E-state index in [1.54, 1.807) is 6.20 Å². The van der Waals surface area contributed by atoms with E-state index >= 15 is 0 Å². The quantitative estimate of drug-likeness (QED) is 0.214. The molecule has 0 aliphatic heterocycles. The average Bonchev–Trinajstić information content (AvgIpc) is 3.35. The van der Waals surface area contributed by atoms with E-state index in [1.165, 1.54) is 0 Å². The highest BCUT2D eigenvalue weighted by Crippen LogP contribution is 2.36. The molecule has 3 aromatic heterocycles. The predicted molar refractivity (Wildman–Crippen MR) is 143 cm³/mol. The monoisotopic (exact) mass is 595 g/mol. The number of anilines is 1. The first-order valence-electron chi connectivity index (χ1n) is 11.0. The van der Waals surface area contributed by atoms with Gasteiger partial charge in [0.1, 0.15) is 23.8 Å². The molecule has 3 heterocycles. The second-order valence-corrected chi connectivity index (χ2v) is 9.55. The third-order valence-electron chi connectivity index (χ3n) is 5.58.